The maximum atomic E-state index is 11.8. The van der Waals surface area contributed by atoms with Crippen molar-refractivity contribution < 1.29 is 29.1 Å². The molecule has 0 unspecified atom stereocenters. The Morgan fingerprint density at radius 1 is 1.35 bits per heavy atom. The van der Waals surface area contributed by atoms with Crippen molar-refractivity contribution in [1.82, 2.24) is 5.32 Å². The van der Waals surface area contributed by atoms with Crippen LogP contribution in [0.15, 0.2) is 18.2 Å². The molecule has 1 aromatic rings. The molecule has 0 spiro atoms. The van der Waals surface area contributed by atoms with Gasteiger partial charge in [0.2, 0.25) is 0 Å². The summed E-state index contributed by atoms with van der Waals surface area (Å²) in [6, 6.07) is 2.86. The molecule has 0 bridgehead atoms. The summed E-state index contributed by atoms with van der Waals surface area (Å²) >= 11 is 0. The summed E-state index contributed by atoms with van der Waals surface area (Å²) < 4.78 is 10.4. The van der Waals surface area contributed by atoms with Crippen molar-refractivity contribution in [1.29, 1.82) is 0 Å². The Morgan fingerprint density at radius 3 is 2.50 bits per heavy atom. The molecule has 1 atom stereocenters. The van der Waals surface area contributed by atoms with E-state index in [0.717, 1.165) is 0 Å². The van der Waals surface area contributed by atoms with Crippen LogP contribution in [-0.2, 0) is 16.0 Å². The standard InChI is InChI=1S/C17H24N2O7/c1-5-8-25-14-10-11(6-7-13(14)19(23)24)9-12(15(20)21)18-16(22)26-17(2,3)4/h6-7,10,12H,5,8-9H2,1-4H3,(H,18,22)(H,20,21)/t12-/m0/s1. The van der Waals surface area contributed by atoms with Crippen molar-refractivity contribution in [2.24, 2.45) is 0 Å². The SMILES string of the molecule is CCCOc1cc(C[C@H](NC(=O)OC(C)(C)C)C(=O)O)ccc1[N+](=O)[O-]. The minimum absolute atomic E-state index is 0.0655. The van der Waals surface area contributed by atoms with E-state index >= 15 is 0 Å². The summed E-state index contributed by atoms with van der Waals surface area (Å²) in [5.74, 6) is -1.18. The number of nitrogens with zero attached hydrogens (tertiary/aromatic N) is 1. The van der Waals surface area contributed by atoms with Gasteiger partial charge in [0.15, 0.2) is 5.75 Å². The second-order valence-corrected chi connectivity index (χ2v) is 6.65. The molecule has 2 N–H and O–H groups in total. The Balaban J connectivity index is 2.96. The first-order chi connectivity index (χ1) is 12.0. The Hall–Kier alpha value is -2.84. The minimum Gasteiger partial charge on any atom is -0.487 e. The lowest BCUT2D eigenvalue weighted by Crippen LogP contribution is -2.44. The predicted molar refractivity (Wildman–Crippen MR) is 93.4 cm³/mol. The maximum Gasteiger partial charge on any atom is 0.408 e. The van der Waals surface area contributed by atoms with E-state index in [0.29, 0.717) is 18.6 Å². The van der Waals surface area contributed by atoms with Gasteiger partial charge in [-0.3, -0.25) is 10.1 Å². The molecule has 26 heavy (non-hydrogen) atoms. The molecule has 0 aliphatic carbocycles. The van der Waals surface area contributed by atoms with Gasteiger partial charge in [0.25, 0.3) is 0 Å². The van der Waals surface area contributed by atoms with Crippen LogP contribution in [0.5, 0.6) is 5.75 Å². The number of amides is 1. The predicted octanol–water partition coefficient (Wildman–Crippen LogP) is 2.90. The van der Waals surface area contributed by atoms with Crippen molar-refractivity contribution >= 4 is 17.7 Å². The van der Waals surface area contributed by atoms with E-state index in [1.54, 1.807) is 20.8 Å². The Kier molecular flexibility index (Phi) is 7.36. The van der Waals surface area contributed by atoms with Gasteiger partial charge in [0, 0.05) is 12.5 Å². The van der Waals surface area contributed by atoms with Crippen molar-refractivity contribution in [3.63, 3.8) is 0 Å². The van der Waals surface area contributed by atoms with Crippen LogP contribution >= 0.6 is 0 Å². The zero-order valence-corrected chi connectivity index (χ0v) is 15.3. The van der Waals surface area contributed by atoms with Crippen molar-refractivity contribution in [2.75, 3.05) is 6.61 Å². The first kappa shape index (κ1) is 21.2. The number of carboxylic acids is 1. The van der Waals surface area contributed by atoms with Crippen molar-refractivity contribution in [2.45, 2.75) is 52.2 Å². The van der Waals surface area contributed by atoms with E-state index in [-0.39, 0.29) is 17.9 Å². The summed E-state index contributed by atoms with van der Waals surface area (Å²) in [6.07, 6.45) is -0.261. The molecule has 0 aromatic heterocycles. The van der Waals surface area contributed by atoms with E-state index in [1.807, 2.05) is 6.92 Å². The summed E-state index contributed by atoms with van der Waals surface area (Å²) in [4.78, 5) is 33.7. The molecule has 0 saturated carbocycles. The van der Waals surface area contributed by atoms with E-state index < -0.39 is 28.6 Å². The number of aliphatic carboxylic acids is 1. The lowest BCUT2D eigenvalue weighted by Gasteiger charge is -2.22. The molecule has 0 heterocycles. The number of carbonyl (C=O) groups is 2. The normalized spacial score (nSPS) is 12.2. The Bertz CT molecular complexity index is 668. The fraction of sp³-hybridized carbons (Fsp3) is 0.529. The van der Waals surface area contributed by atoms with Crippen LogP contribution in [0.1, 0.15) is 39.7 Å². The molecule has 1 rings (SSSR count). The second-order valence-electron chi connectivity index (χ2n) is 6.65. The fourth-order valence-corrected chi connectivity index (χ4v) is 2.05. The van der Waals surface area contributed by atoms with Crippen LogP contribution in [0.3, 0.4) is 0 Å². The van der Waals surface area contributed by atoms with Gasteiger partial charge < -0.3 is 19.9 Å². The van der Waals surface area contributed by atoms with E-state index in [9.17, 15) is 24.8 Å². The lowest BCUT2D eigenvalue weighted by atomic mass is 10.1. The highest BCUT2D eigenvalue weighted by molar-refractivity contribution is 5.80. The number of carboxylic acid groups (broad SMARTS) is 1. The van der Waals surface area contributed by atoms with Gasteiger partial charge >= 0.3 is 17.7 Å². The van der Waals surface area contributed by atoms with Gasteiger partial charge in [-0.05, 0) is 38.8 Å². The van der Waals surface area contributed by atoms with Crippen LogP contribution in [0.2, 0.25) is 0 Å². The summed E-state index contributed by atoms with van der Waals surface area (Å²) in [5.41, 5.74) is -0.485. The van der Waals surface area contributed by atoms with Gasteiger partial charge in [0.05, 0.1) is 11.5 Å². The zero-order valence-electron chi connectivity index (χ0n) is 15.3. The molecule has 9 heteroatoms. The van der Waals surface area contributed by atoms with Gasteiger partial charge in [-0.25, -0.2) is 9.59 Å². The summed E-state index contributed by atoms with van der Waals surface area (Å²) in [7, 11) is 0. The molecular formula is C17H24N2O7. The van der Waals surface area contributed by atoms with Crippen LogP contribution in [0.25, 0.3) is 0 Å². The molecule has 1 amide bonds. The van der Waals surface area contributed by atoms with E-state index in [2.05, 4.69) is 5.32 Å². The lowest BCUT2D eigenvalue weighted by molar-refractivity contribution is -0.385. The first-order valence-electron chi connectivity index (χ1n) is 8.16. The van der Waals surface area contributed by atoms with Crippen molar-refractivity contribution in [3.05, 3.63) is 33.9 Å². The Morgan fingerprint density at radius 2 is 2.00 bits per heavy atom. The fourth-order valence-electron chi connectivity index (χ4n) is 2.05. The number of alkyl carbamates (subject to hydrolysis) is 1. The number of nitro groups is 1. The summed E-state index contributed by atoms with van der Waals surface area (Å²) in [6.45, 7) is 7.14. The number of ether oxygens (including phenoxy) is 2. The average molecular weight is 368 g/mol. The van der Waals surface area contributed by atoms with E-state index in [1.165, 1.54) is 18.2 Å². The highest BCUT2D eigenvalue weighted by Gasteiger charge is 2.25. The molecule has 0 radical (unpaired) electrons. The number of nitro benzene ring substituents is 1. The van der Waals surface area contributed by atoms with Gasteiger partial charge in [-0.2, -0.15) is 0 Å². The zero-order chi connectivity index (χ0) is 19.9. The number of hydrogen-bond donors (Lipinski definition) is 2. The first-order valence-corrected chi connectivity index (χ1v) is 8.16. The van der Waals surface area contributed by atoms with Crippen molar-refractivity contribution in [3.8, 4) is 5.75 Å². The topological polar surface area (TPSA) is 128 Å². The van der Waals surface area contributed by atoms with Gasteiger partial charge in [0.1, 0.15) is 11.6 Å². The van der Waals surface area contributed by atoms with Gasteiger partial charge in [-0.1, -0.05) is 13.0 Å². The average Bonchev–Trinajstić information content (AvgIpc) is 2.50. The van der Waals surface area contributed by atoms with Crippen LogP contribution in [-0.4, -0.2) is 40.3 Å². The summed E-state index contributed by atoms with van der Waals surface area (Å²) in [5, 5.41) is 22.7. The third-order valence-corrected chi connectivity index (χ3v) is 3.11. The number of nitrogens with one attached hydrogen (secondary N) is 1. The molecule has 9 nitrogen and oxygen atoms in total. The molecule has 144 valence electrons. The monoisotopic (exact) mass is 368 g/mol. The maximum absolute atomic E-state index is 11.8. The molecule has 0 aliphatic rings. The molecule has 0 aliphatic heterocycles. The number of benzene rings is 1. The van der Waals surface area contributed by atoms with Gasteiger partial charge in [-0.15, -0.1) is 0 Å². The highest BCUT2D eigenvalue weighted by Crippen LogP contribution is 2.28. The molecule has 0 fully saturated rings. The van der Waals surface area contributed by atoms with E-state index in [4.69, 9.17) is 9.47 Å². The quantitative estimate of drug-likeness (QED) is 0.533. The minimum atomic E-state index is -1.25. The number of hydrogen-bond acceptors (Lipinski definition) is 6. The second kappa shape index (κ2) is 9.02. The Labute approximate surface area is 151 Å². The molecular weight excluding hydrogens is 344 g/mol. The largest absolute Gasteiger partial charge is 0.487 e. The molecule has 1 aromatic carbocycles. The number of rotatable bonds is 8. The third kappa shape index (κ3) is 6.96. The number of carbonyl (C=O) groups excluding carboxylic acids is 1. The smallest absolute Gasteiger partial charge is 0.408 e. The highest BCUT2D eigenvalue weighted by atomic mass is 16.6. The van der Waals surface area contributed by atoms with Crippen LogP contribution in [0, 0.1) is 10.1 Å². The third-order valence-electron chi connectivity index (χ3n) is 3.11. The van der Waals surface area contributed by atoms with Crippen LogP contribution in [0.4, 0.5) is 10.5 Å². The molecule has 0 saturated heterocycles. The van der Waals surface area contributed by atoms with Crippen LogP contribution < -0.4 is 10.1 Å².